The quantitative estimate of drug-likeness (QED) is 0.782. The highest BCUT2D eigenvalue weighted by atomic mass is 32.1. The van der Waals surface area contributed by atoms with Crippen LogP contribution in [-0.2, 0) is 0 Å². The molecule has 0 radical (unpaired) electrons. The minimum Gasteiger partial charge on any atom is -0.306 e. The summed E-state index contributed by atoms with van der Waals surface area (Å²) < 4.78 is 0. The van der Waals surface area contributed by atoms with Crippen LogP contribution in [0.5, 0.6) is 0 Å². The van der Waals surface area contributed by atoms with Crippen molar-refractivity contribution in [3.8, 4) is 0 Å². The summed E-state index contributed by atoms with van der Waals surface area (Å²) in [6, 6.07) is 0. The van der Waals surface area contributed by atoms with E-state index in [1.807, 2.05) is 18.4 Å². The fraction of sp³-hybridized carbons (Fsp3) is 0.0833. The predicted octanol–water partition coefficient (Wildman–Crippen LogP) is 2.92. The number of thiazole rings is 1. The molecular weight excluding hydrogens is 266 g/mol. The molecule has 90 valence electrons. The molecule has 0 aromatic carbocycles. The lowest BCUT2D eigenvalue weighted by molar-refractivity contribution is 1.15. The lowest BCUT2D eigenvalue weighted by Gasteiger charge is -1.94. The second-order valence-corrected chi connectivity index (χ2v) is 5.56. The Morgan fingerprint density at radius 2 is 2.22 bits per heavy atom. The van der Waals surface area contributed by atoms with Crippen molar-refractivity contribution in [2.45, 2.75) is 6.92 Å². The van der Waals surface area contributed by atoms with Crippen molar-refractivity contribution in [3.63, 3.8) is 0 Å². The third kappa shape index (κ3) is 2.00. The van der Waals surface area contributed by atoms with Crippen LogP contribution in [0.4, 0.5) is 0 Å². The molecule has 3 heterocycles. The molecule has 0 aliphatic carbocycles. The largest absolute Gasteiger partial charge is 0.306 e. The van der Waals surface area contributed by atoms with Gasteiger partial charge in [-0.2, -0.15) is 0 Å². The van der Waals surface area contributed by atoms with Crippen LogP contribution in [-0.4, -0.2) is 15.0 Å². The highest BCUT2D eigenvalue weighted by Gasteiger charge is 2.06. The number of aromatic amines is 1. The fourth-order valence-electron chi connectivity index (χ4n) is 1.65. The molecule has 0 atom stereocenters. The van der Waals surface area contributed by atoms with Gasteiger partial charge in [-0.25, -0.2) is 4.98 Å². The third-order valence-corrected chi connectivity index (χ3v) is 4.23. The highest BCUT2D eigenvalue weighted by molar-refractivity contribution is 7.16. The van der Waals surface area contributed by atoms with Gasteiger partial charge in [-0.1, -0.05) is 0 Å². The molecule has 3 aromatic heterocycles. The van der Waals surface area contributed by atoms with Gasteiger partial charge in [0.2, 0.25) is 0 Å². The first kappa shape index (κ1) is 11.3. The van der Waals surface area contributed by atoms with E-state index in [1.165, 1.54) is 22.7 Å². The van der Waals surface area contributed by atoms with Crippen LogP contribution in [0, 0.1) is 6.92 Å². The average molecular weight is 275 g/mol. The number of hydrogen-bond acceptors (Lipinski definition) is 5. The molecule has 0 bridgehead atoms. The van der Waals surface area contributed by atoms with Crippen LogP contribution < -0.4 is 5.56 Å². The zero-order valence-electron chi connectivity index (χ0n) is 9.51. The summed E-state index contributed by atoms with van der Waals surface area (Å²) in [7, 11) is 0. The molecule has 0 aliphatic heterocycles. The topological polar surface area (TPSA) is 58.6 Å². The van der Waals surface area contributed by atoms with Crippen LogP contribution in [0.15, 0.2) is 21.9 Å². The maximum Gasteiger partial charge on any atom is 0.260 e. The molecule has 0 saturated carbocycles. The van der Waals surface area contributed by atoms with Crippen molar-refractivity contribution in [3.05, 3.63) is 43.7 Å². The first-order valence-electron chi connectivity index (χ1n) is 5.29. The van der Waals surface area contributed by atoms with Crippen molar-refractivity contribution < 1.29 is 0 Å². The van der Waals surface area contributed by atoms with Gasteiger partial charge in [-0.05, 0) is 30.0 Å². The molecule has 4 nitrogen and oxygen atoms in total. The number of aryl methyl sites for hydroxylation is 1. The summed E-state index contributed by atoms with van der Waals surface area (Å²) in [5.41, 5.74) is 2.66. The Balaban J connectivity index is 2.06. The van der Waals surface area contributed by atoms with Crippen LogP contribution in [0.25, 0.3) is 22.4 Å². The van der Waals surface area contributed by atoms with E-state index in [-0.39, 0.29) is 5.56 Å². The zero-order chi connectivity index (χ0) is 12.5. The van der Waals surface area contributed by atoms with Gasteiger partial charge in [0.05, 0.1) is 10.9 Å². The van der Waals surface area contributed by atoms with Gasteiger partial charge in [0, 0.05) is 11.1 Å². The number of nitrogens with one attached hydrogen (secondary N) is 1. The molecule has 0 aliphatic rings. The van der Waals surface area contributed by atoms with Crippen molar-refractivity contribution in [2.75, 3.05) is 0 Å². The van der Waals surface area contributed by atoms with E-state index < -0.39 is 0 Å². The first-order chi connectivity index (χ1) is 8.74. The molecule has 0 fully saturated rings. The maximum atomic E-state index is 11.9. The molecule has 1 N–H and O–H groups in total. The SMILES string of the molecule is Cc1csc2nc(/C=C/c3cncs3)[nH]c(=O)c12. The Morgan fingerprint density at radius 1 is 1.33 bits per heavy atom. The first-order valence-corrected chi connectivity index (χ1v) is 7.04. The van der Waals surface area contributed by atoms with Gasteiger partial charge in [0.1, 0.15) is 10.7 Å². The van der Waals surface area contributed by atoms with Crippen molar-refractivity contribution >= 4 is 45.0 Å². The summed E-state index contributed by atoms with van der Waals surface area (Å²) in [5, 5.41) is 2.64. The van der Waals surface area contributed by atoms with Gasteiger partial charge >= 0.3 is 0 Å². The van der Waals surface area contributed by atoms with E-state index in [4.69, 9.17) is 0 Å². The Kier molecular flexibility index (Phi) is 2.81. The predicted molar refractivity (Wildman–Crippen MR) is 76.0 cm³/mol. The second kappa shape index (κ2) is 4.47. The number of aromatic nitrogens is 3. The van der Waals surface area contributed by atoms with E-state index in [0.29, 0.717) is 11.2 Å². The minimum atomic E-state index is -0.0808. The van der Waals surface area contributed by atoms with Gasteiger partial charge in [0.25, 0.3) is 5.56 Å². The lowest BCUT2D eigenvalue weighted by atomic mass is 10.3. The highest BCUT2D eigenvalue weighted by Crippen LogP contribution is 2.20. The van der Waals surface area contributed by atoms with Crippen LogP contribution in [0.2, 0.25) is 0 Å². The molecule has 3 rings (SSSR count). The molecule has 0 saturated heterocycles. The van der Waals surface area contributed by atoms with Crippen LogP contribution in [0.3, 0.4) is 0 Å². The second-order valence-electron chi connectivity index (χ2n) is 3.79. The fourth-order valence-corrected chi connectivity index (χ4v) is 3.09. The van der Waals surface area contributed by atoms with E-state index >= 15 is 0 Å². The Morgan fingerprint density at radius 3 is 3.00 bits per heavy atom. The van der Waals surface area contributed by atoms with E-state index in [0.717, 1.165) is 15.3 Å². The van der Waals surface area contributed by atoms with Gasteiger partial charge in [-0.15, -0.1) is 22.7 Å². The molecule has 0 spiro atoms. The summed E-state index contributed by atoms with van der Waals surface area (Å²) >= 11 is 3.03. The third-order valence-electron chi connectivity index (χ3n) is 2.50. The maximum absolute atomic E-state index is 11.9. The normalized spacial score (nSPS) is 11.6. The lowest BCUT2D eigenvalue weighted by Crippen LogP contribution is -2.08. The summed E-state index contributed by atoms with van der Waals surface area (Å²) in [6.45, 7) is 1.92. The van der Waals surface area contributed by atoms with Crippen LogP contribution >= 0.6 is 22.7 Å². The molecule has 3 aromatic rings. The van der Waals surface area contributed by atoms with Crippen molar-refractivity contribution in [1.29, 1.82) is 0 Å². The Labute approximate surface area is 111 Å². The number of thiophene rings is 1. The number of hydrogen-bond donors (Lipinski definition) is 1. The monoisotopic (exact) mass is 275 g/mol. The van der Waals surface area contributed by atoms with E-state index in [2.05, 4.69) is 15.0 Å². The van der Waals surface area contributed by atoms with Crippen molar-refractivity contribution in [2.24, 2.45) is 0 Å². The number of rotatable bonds is 2. The van der Waals surface area contributed by atoms with Crippen molar-refractivity contribution in [1.82, 2.24) is 15.0 Å². The number of fused-ring (bicyclic) bond motifs is 1. The molecule has 18 heavy (non-hydrogen) atoms. The molecule has 0 amide bonds. The number of H-pyrrole nitrogens is 1. The summed E-state index contributed by atoms with van der Waals surface area (Å²) in [4.78, 5) is 24.9. The van der Waals surface area contributed by atoms with Gasteiger partial charge in [-0.3, -0.25) is 9.78 Å². The minimum absolute atomic E-state index is 0.0808. The Bertz CT molecular complexity index is 768. The smallest absolute Gasteiger partial charge is 0.260 e. The van der Waals surface area contributed by atoms with Gasteiger partial charge in [0.15, 0.2) is 0 Å². The average Bonchev–Trinajstić information content (AvgIpc) is 2.97. The van der Waals surface area contributed by atoms with E-state index in [9.17, 15) is 4.79 Å². The molecular formula is C12H9N3OS2. The van der Waals surface area contributed by atoms with E-state index in [1.54, 1.807) is 17.8 Å². The molecule has 6 heteroatoms. The standard InChI is InChI=1S/C12H9N3OS2/c1-7-5-17-12-10(7)11(16)14-9(15-12)3-2-8-4-13-6-18-8/h2-6H,1H3,(H,14,15,16)/b3-2+. The van der Waals surface area contributed by atoms with Gasteiger partial charge < -0.3 is 4.98 Å². The summed E-state index contributed by atoms with van der Waals surface area (Å²) in [6.07, 6.45) is 5.46. The zero-order valence-corrected chi connectivity index (χ0v) is 11.1. The molecule has 0 unspecified atom stereocenters. The summed E-state index contributed by atoms with van der Waals surface area (Å²) in [5.74, 6) is 0.572. The number of nitrogens with zero attached hydrogens (tertiary/aromatic N) is 2. The van der Waals surface area contributed by atoms with Crippen LogP contribution in [0.1, 0.15) is 16.3 Å². The Hall–Kier alpha value is -1.79.